The molecule has 1 heteroatoms. The van der Waals surface area contributed by atoms with Crippen LogP contribution in [0.1, 0.15) is 30.9 Å². The number of benzene rings is 2. The molecule has 0 aliphatic carbocycles. The minimum atomic E-state index is 0.479. The Balaban J connectivity index is 2.57. The van der Waals surface area contributed by atoms with E-state index in [4.69, 9.17) is 11.2 Å². The molecule has 2 rings (SSSR count). The predicted octanol–water partition coefficient (Wildman–Crippen LogP) is 4.47. The highest BCUT2D eigenvalue weighted by Crippen LogP contribution is 2.31. The van der Waals surface area contributed by atoms with Gasteiger partial charge in [0, 0.05) is 0 Å². The molecule has 19 heavy (non-hydrogen) atoms. The van der Waals surface area contributed by atoms with Gasteiger partial charge in [0.15, 0.2) is 0 Å². The predicted molar refractivity (Wildman–Crippen MR) is 80.5 cm³/mol. The molecule has 0 aliphatic rings. The number of methoxy groups -OCH3 is 1. The third-order valence-electron chi connectivity index (χ3n) is 3.25. The Labute approximate surface area is 115 Å². The summed E-state index contributed by atoms with van der Waals surface area (Å²) in [6.45, 7) is 4.40. The zero-order chi connectivity index (χ0) is 13.8. The molecule has 0 fully saturated rings. The summed E-state index contributed by atoms with van der Waals surface area (Å²) in [5.41, 5.74) is 4.49. The van der Waals surface area contributed by atoms with Crippen molar-refractivity contribution in [3.05, 3.63) is 53.6 Å². The first-order valence-corrected chi connectivity index (χ1v) is 6.41. The van der Waals surface area contributed by atoms with E-state index in [0.717, 1.165) is 16.9 Å². The minimum Gasteiger partial charge on any atom is -0.495 e. The topological polar surface area (TPSA) is 9.23 Å². The molecule has 0 aliphatic heterocycles. The Kier molecular flexibility index (Phi) is 3.92. The van der Waals surface area contributed by atoms with Gasteiger partial charge in [-0.2, -0.15) is 0 Å². The largest absolute Gasteiger partial charge is 0.495 e. The van der Waals surface area contributed by atoms with Crippen LogP contribution in [0.15, 0.2) is 42.5 Å². The number of terminal acetylenes is 1. The second-order valence-electron chi connectivity index (χ2n) is 4.80. The van der Waals surface area contributed by atoms with Crippen LogP contribution < -0.4 is 4.74 Å². The van der Waals surface area contributed by atoms with Gasteiger partial charge in [0.25, 0.3) is 0 Å². The zero-order valence-corrected chi connectivity index (χ0v) is 11.6. The maximum absolute atomic E-state index is 5.54. The lowest BCUT2D eigenvalue weighted by Crippen LogP contribution is -1.93. The van der Waals surface area contributed by atoms with E-state index >= 15 is 0 Å². The summed E-state index contributed by atoms with van der Waals surface area (Å²) < 4.78 is 5.26. The quantitative estimate of drug-likeness (QED) is 0.730. The fraction of sp³-hybridized carbons (Fsp3) is 0.222. The van der Waals surface area contributed by atoms with Crippen molar-refractivity contribution in [3.8, 4) is 29.2 Å². The minimum absolute atomic E-state index is 0.479. The summed E-state index contributed by atoms with van der Waals surface area (Å²) in [7, 11) is 1.64. The lowest BCUT2D eigenvalue weighted by atomic mass is 9.92. The zero-order valence-electron chi connectivity index (χ0n) is 11.6. The smallest absolute Gasteiger partial charge is 0.134 e. The van der Waals surface area contributed by atoms with E-state index in [1.807, 2.05) is 12.1 Å². The van der Waals surface area contributed by atoms with E-state index < -0.39 is 0 Å². The van der Waals surface area contributed by atoms with Crippen molar-refractivity contribution in [3.63, 3.8) is 0 Å². The fourth-order valence-corrected chi connectivity index (χ4v) is 2.25. The molecule has 0 spiro atoms. The molecule has 0 N–H and O–H groups in total. The molecule has 0 radical (unpaired) electrons. The number of hydrogen-bond acceptors (Lipinski definition) is 1. The fourth-order valence-electron chi connectivity index (χ4n) is 2.25. The summed E-state index contributed by atoms with van der Waals surface area (Å²) in [6.07, 6.45) is 5.54. The SMILES string of the molecule is C#Cc1cc(-c2ccccc2C(C)C)ccc1OC. The summed E-state index contributed by atoms with van der Waals surface area (Å²) in [4.78, 5) is 0. The van der Waals surface area contributed by atoms with Gasteiger partial charge < -0.3 is 4.74 Å². The first kappa shape index (κ1) is 13.2. The number of hydrogen-bond donors (Lipinski definition) is 0. The third kappa shape index (κ3) is 2.63. The highest BCUT2D eigenvalue weighted by molar-refractivity contribution is 5.71. The van der Waals surface area contributed by atoms with Gasteiger partial charge in [-0.3, -0.25) is 0 Å². The molecule has 0 saturated carbocycles. The van der Waals surface area contributed by atoms with Crippen molar-refractivity contribution in [1.82, 2.24) is 0 Å². The average Bonchev–Trinajstić information content (AvgIpc) is 2.46. The van der Waals surface area contributed by atoms with Crippen LogP contribution in [0.5, 0.6) is 5.75 Å². The summed E-state index contributed by atoms with van der Waals surface area (Å²) in [6, 6.07) is 14.4. The highest BCUT2D eigenvalue weighted by atomic mass is 16.5. The lowest BCUT2D eigenvalue weighted by molar-refractivity contribution is 0.413. The van der Waals surface area contributed by atoms with Crippen LogP contribution in [0.3, 0.4) is 0 Å². The molecule has 0 unspecified atom stereocenters. The normalized spacial score (nSPS) is 10.3. The van der Waals surface area contributed by atoms with Crippen LogP contribution in [0.25, 0.3) is 11.1 Å². The number of ether oxygens (including phenoxy) is 1. The van der Waals surface area contributed by atoms with Crippen LogP contribution in [-0.2, 0) is 0 Å². The van der Waals surface area contributed by atoms with E-state index in [9.17, 15) is 0 Å². The van der Waals surface area contributed by atoms with Crippen LogP contribution in [0.2, 0.25) is 0 Å². The molecule has 2 aromatic carbocycles. The van der Waals surface area contributed by atoms with Crippen LogP contribution >= 0.6 is 0 Å². The van der Waals surface area contributed by atoms with E-state index in [-0.39, 0.29) is 0 Å². The molecule has 2 aromatic rings. The van der Waals surface area contributed by atoms with E-state index in [1.54, 1.807) is 7.11 Å². The third-order valence-corrected chi connectivity index (χ3v) is 3.25. The molecule has 1 nitrogen and oxygen atoms in total. The molecular formula is C18H18O. The Morgan fingerprint density at radius 3 is 2.47 bits per heavy atom. The van der Waals surface area contributed by atoms with Crippen molar-refractivity contribution in [2.24, 2.45) is 0 Å². The second kappa shape index (κ2) is 5.63. The molecule has 0 amide bonds. The Morgan fingerprint density at radius 1 is 1.11 bits per heavy atom. The molecular weight excluding hydrogens is 232 g/mol. The molecule has 0 heterocycles. The molecule has 0 atom stereocenters. The molecule has 96 valence electrons. The van der Waals surface area contributed by atoms with Gasteiger partial charge in [0.05, 0.1) is 12.7 Å². The van der Waals surface area contributed by atoms with E-state index in [1.165, 1.54) is 11.1 Å². The van der Waals surface area contributed by atoms with Gasteiger partial charge in [0.1, 0.15) is 5.75 Å². The Bertz CT molecular complexity index is 618. The van der Waals surface area contributed by atoms with Crippen molar-refractivity contribution < 1.29 is 4.74 Å². The van der Waals surface area contributed by atoms with Crippen LogP contribution in [0.4, 0.5) is 0 Å². The first-order valence-electron chi connectivity index (χ1n) is 6.41. The van der Waals surface area contributed by atoms with Crippen molar-refractivity contribution in [2.75, 3.05) is 7.11 Å². The maximum atomic E-state index is 5.54. The standard InChI is InChI=1S/C18H18O/c1-5-14-12-15(10-11-18(14)19-4)17-9-7-6-8-16(17)13(2)3/h1,6-13H,2-4H3. The van der Waals surface area contributed by atoms with Crippen molar-refractivity contribution in [1.29, 1.82) is 0 Å². The van der Waals surface area contributed by atoms with E-state index in [2.05, 4.69) is 50.1 Å². The van der Waals surface area contributed by atoms with Crippen LogP contribution in [0, 0.1) is 12.3 Å². The second-order valence-corrected chi connectivity index (χ2v) is 4.80. The average molecular weight is 250 g/mol. The van der Waals surface area contributed by atoms with Gasteiger partial charge in [-0.15, -0.1) is 6.42 Å². The Morgan fingerprint density at radius 2 is 1.84 bits per heavy atom. The lowest BCUT2D eigenvalue weighted by Gasteiger charge is -2.14. The Hall–Kier alpha value is -2.20. The van der Waals surface area contributed by atoms with Crippen LogP contribution in [-0.4, -0.2) is 7.11 Å². The van der Waals surface area contributed by atoms with Gasteiger partial charge in [-0.05, 0) is 34.7 Å². The number of rotatable bonds is 3. The summed E-state index contributed by atoms with van der Waals surface area (Å²) >= 11 is 0. The highest BCUT2D eigenvalue weighted by Gasteiger charge is 2.09. The van der Waals surface area contributed by atoms with Crippen molar-refractivity contribution >= 4 is 0 Å². The summed E-state index contributed by atoms with van der Waals surface area (Å²) in [5, 5.41) is 0. The molecule has 0 aromatic heterocycles. The molecule has 0 bridgehead atoms. The monoisotopic (exact) mass is 250 g/mol. The van der Waals surface area contributed by atoms with Gasteiger partial charge in [0.2, 0.25) is 0 Å². The molecule has 0 saturated heterocycles. The van der Waals surface area contributed by atoms with Gasteiger partial charge >= 0.3 is 0 Å². The van der Waals surface area contributed by atoms with Gasteiger partial charge in [-0.1, -0.05) is 50.1 Å². The maximum Gasteiger partial charge on any atom is 0.134 e. The van der Waals surface area contributed by atoms with E-state index in [0.29, 0.717) is 5.92 Å². The first-order chi connectivity index (χ1) is 9.17. The summed E-state index contributed by atoms with van der Waals surface area (Å²) in [5.74, 6) is 3.90. The van der Waals surface area contributed by atoms with Gasteiger partial charge in [-0.25, -0.2) is 0 Å². The van der Waals surface area contributed by atoms with Crippen molar-refractivity contribution in [2.45, 2.75) is 19.8 Å².